The van der Waals surface area contributed by atoms with Crippen molar-refractivity contribution in [3.05, 3.63) is 178 Å². The molecule has 5 aromatic carbocycles. The number of benzene rings is 5. The summed E-state index contributed by atoms with van der Waals surface area (Å²) in [6.45, 7) is 11.9. The highest BCUT2D eigenvalue weighted by atomic mass is 14.3. The Morgan fingerprint density at radius 3 is 1.14 bits per heavy atom. The second kappa shape index (κ2) is 15.2. The third-order valence-electron chi connectivity index (χ3n) is 9.53. The molecular formula is C44H50. The van der Waals surface area contributed by atoms with Crippen molar-refractivity contribution in [2.75, 3.05) is 0 Å². The lowest BCUT2D eigenvalue weighted by molar-refractivity contribution is 0.402. The predicted molar refractivity (Wildman–Crippen MR) is 190 cm³/mol. The van der Waals surface area contributed by atoms with Crippen molar-refractivity contribution in [2.24, 2.45) is 5.92 Å². The Kier molecular flexibility index (Phi) is 10.9. The maximum Gasteiger partial charge on any atom is 0.0343 e. The van der Waals surface area contributed by atoms with E-state index in [1.807, 2.05) is 0 Å². The Hall–Kier alpha value is -3.90. The van der Waals surface area contributed by atoms with Crippen molar-refractivity contribution in [1.82, 2.24) is 0 Å². The van der Waals surface area contributed by atoms with Crippen LogP contribution in [0.3, 0.4) is 0 Å². The fraction of sp³-hybridized carbons (Fsp3) is 0.318. The quantitative estimate of drug-likeness (QED) is 0.122. The van der Waals surface area contributed by atoms with Crippen molar-refractivity contribution in [1.29, 1.82) is 0 Å². The van der Waals surface area contributed by atoms with Gasteiger partial charge in [0.05, 0.1) is 0 Å². The van der Waals surface area contributed by atoms with Gasteiger partial charge in [0, 0.05) is 11.8 Å². The van der Waals surface area contributed by atoms with Gasteiger partial charge in [0.2, 0.25) is 0 Å². The first-order valence-electron chi connectivity index (χ1n) is 16.9. The molecule has 0 saturated heterocycles. The molecule has 0 bridgehead atoms. The van der Waals surface area contributed by atoms with Crippen LogP contribution in [-0.4, -0.2) is 0 Å². The van der Waals surface area contributed by atoms with E-state index in [1.54, 1.807) is 0 Å². The smallest absolute Gasteiger partial charge is 0.0343 e. The molecule has 5 aromatic rings. The van der Waals surface area contributed by atoms with Crippen LogP contribution in [0.4, 0.5) is 0 Å². The summed E-state index contributed by atoms with van der Waals surface area (Å²) in [5.74, 6) is 1.91. The zero-order valence-electron chi connectivity index (χ0n) is 27.4. The largest absolute Gasteiger partial charge is 0.0654 e. The van der Waals surface area contributed by atoms with Crippen LogP contribution in [-0.2, 0) is 0 Å². The molecule has 0 amide bonds. The zero-order valence-corrected chi connectivity index (χ0v) is 27.4. The second-order valence-electron chi connectivity index (χ2n) is 13.0. The Morgan fingerprint density at radius 1 is 0.477 bits per heavy atom. The Bertz CT molecular complexity index is 1370. The fourth-order valence-corrected chi connectivity index (χ4v) is 7.37. The minimum absolute atomic E-state index is 0.158. The van der Waals surface area contributed by atoms with E-state index in [2.05, 4.69) is 168 Å². The van der Waals surface area contributed by atoms with Crippen molar-refractivity contribution in [3.63, 3.8) is 0 Å². The van der Waals surface area contributed by atoms with Crippen molar-refractivity contribution in [2.45, 2.75) is 84.0 Å². The zero-order chi connectivity index (χ0) is 30.9. The third kappa shape index (κ3) is 7.24. The average molecular weight is 579 g/mol. The first-order chi connectivity index (χ1) is 21.5. The van der Waals surface area contributed by atoms with Gasteiger partial charge in [-0.25, -0.2) is 0 Å². The van der Waals surface area contributed by atoms with Gasteiger partial charge in [-0.1, -0.05) is 187 Å². The molecule has 0 fully saturated rings. The summed E-state index contributed by atoms with van der Waals surface area (Å²) in [4.78, 5) is 0. The molecule has 5 rings (SSSR count). The van der Waals surface area contributed by atoms with E-state index in [0.29, 0.717) is 11.8 Å². The summed E-state index contributed by atoms with van der Waals surface area (Å²) in [5, 5.41) is 0. The molecule has 0 heteroatoms. The lowest BCUT2D eigenvalue weighted by Crippen LogP contribution is -2.16. The molecule has 0 nitrogen and oxygen atoms in total. The van der Waals surface area contributed by atoms with Gasteiger partial charge in [0.25, 0.3) is 0 Å². The molecule has 226 valence electrons. The van der Waals surface area contributed by atoms with Crippen LogP contribution in [0.5, 0.6) is 0 Å². The van der Waals surface area contributed by atoms with Crippen LogP contribution >= 0.6 is 0 Å². The lowest BCUT2D eigenvalue weighted by Gasteiger charge is -2.32. The molecule has 0 N–H and O–H groups in total. The third-order valence-corrected chi connectivity index (χ3v) is 9.53. The van der Waals surface area contributed by atoms with Gasteiger partial charge in [-0.3, -0.25) is 0 Å². The Labute approximate surface area is 267 Å². The molecule has 2 atom stereocenters. The minimum Gasteiger partial charge on any atom is -0.0654 e. The van der Waals surface area contributed by atoms with Crippen molar-refractivity contribution >= 4 is 0 Å². The molecule has 0 heterocycles. The lowest BCUT2D eigenvalue weighted by atomic mass is 9.72. The standard InChI is InChI=1S/C44H50/c1-6-20-34(7-2)29-33(5)39-30-40(43(35-21-12-8-13-22-35)36-23-14-9-15-24-36)42(32(3)4)41(31-39)44(37-25-16-10-17-26-37)38-27-18-11-19-28-38/h8-19,21-28,30-34,43-44H,6-7,20,29H2,1-5H3. The maximum absolute atomic E-state index is 2.60. The Morgan fingerprint density at radius 2 is 0.841 bits per heavy atom. The Balaban J connectivity index is 1.83. The van der Waals surface area contributed by atoms with E-state index >= 15 is 0 Å². The van der Waals surface area contributed by atoms with E-state index in [1.165, 1.54) is 70.2 Å². The molecule has 0 aliphatic carbocycles. The van der Waals surface area contributed by atoms with E-state index in [9.17, 15) is 0 Å². The topological polar surface area (TPSA) is 0 Å². The van der Waals surface area contributed by atoms with Gasteiger partial charge >= 0.3 is 0 Å². The first-order valence-corrected chi connectivity index (χ1v) is 16.9. The summed E-state index contributed by atoms with van der Waals surface area (Å²) in [6, 6.07) is 49.8. The maximum atomic E-state index is 2.60. The highest BCUT2D eigenvalue weighted by Crippen LogP contribution is 2.45. The normalized spacial score (nSPS) is 13.0. The van der Waals surface area contributed by atoms with E-state index in [-0.39, 0.29) is 11.8 Å². The van der Waals surface area contributed by atoms with E-state index in [4.69, 9.17) is 0 Å². The number of hydrogen-bond acceptors (Lipinski definition) is 0. The van der Waals surface area contributed by atoms with Crippen LogP contribution in [0.2, 0.25) is 0 Å². The summed E-state index contributed by atoms with van der Waals surface area (Å²) >= 11 is 0. The van der Waals surface area contributed by atoms with E-state index < -0.39 is 0 Å². The monoisotopic (exact) mass is 578 g/mol. The molecule has 0 saturated carbocycles. The van der Waals surface area contributed by atoms with Gasteiger partial charge in [0.15, 0.2) is 0 Å². The molecule has 2 unspecified atom stereocenters. The summed E-state index contributed by atoms with van der Waals surface area (Å²) in [7, 11) is 0. The van der Waals surface area contributed by atoms with Gasteiger partial charge < -0.3 is 0 Å². The van der Waals surface area contributed by atoms with Crippen LogP contribution in [0, 0.1) is 5.92 Å². The van der Waals surface area contributed by atoms with Crippen LogP contribution < -0.4 is 0 Å². The minimum atomic E-state index is 0.158. The molecular weight excluding hydrogens is 528 g/mol. The van der Waals surface area contributed by atoms with Crippen molar-refractivity contribution < 1.29 is 0 Å². The van der Waals surface area contributed by atoms with E-state index in [0.717, 1.165) is 5.92 Å². The van der Waals surface area contributed by atoms with Crippen LogP contribution in [0.25, 0.3) is 0 Å². The van der Waals surface area contributed by atoms with Crippen LogP contribution in [0.1, 0.15) is 128 Å². The molecule has 0 aliphatic rings. The average Bonchev–Trinajstić information content (AvgIpc) is 3.06. The van der Waals surface area contributed by atoms with Gasteiger partial charge in [-0.05, 0) is 68.7 Å². The number of hydrogen-bond donors (Lipinski definition) is 0. The number of rotatable bonds is 13. The van der Waals surface area contributed by atoms with Crippen LogP contribution in [0.15, 0.2) is 133 Å². The molecule has 0 aromatic heterocycles. The van der Waals surface area contributed by atoms with Gasteiger partial charge in [-0.2, -0.15) is 0 Å². The predicted octanol–water partition coefficient (Wildman–Crippen LogP) is 12.5. The highest BCUT2D eigenvalue weighted by molar-refractivity contribution is 5.57. The summed E-state index contributed by atoms with van der Waals surface area (Å²) < 4.78 is 0. The molecule has 44 heavy (non-hydrogen) atoms. The molecule has 0 spiro atoms. The van der Waals surface area contributed by atoms with Gasteiger partial charge in [-0.15, -0.1) is 0 Å². The fourth-order valence-electron chi connectivity index (χ4n) is 7.37. The molecule has 0 aliphatic heterocycles. The summed E-state index contributed by atoms with van der Waals surface area (Å²) in [6.07, 6.45) is 5.03. The highest BCUT2D eigenvalue weighted by Gasteiger charge is 2.29. The second-order valence-corrected chi connectivity index (χ2v) is 13.0. The SMILES string of the molecule is CCCC(CC)CC(C)c1cc(C(c2ccccc2)c2ccccc2)c(C(C)C)c(C(c2ccccc2)c2ccccc2)c1. The first kappa shape index (κ1) is 31.5. The van der Waals surface area contributed by atoms with Crippen molar-refractivity contribution in [3.8, 4) is 0 Å². The van der Waals surface area contributed by atoms with Gasteiger partial charge in [0.1, 0.15) is 0 Å². The molecule has 0 radical (unpaired) electrons. The summed E-state index contributed by atoms with van der Waals surface area (Å²) in [5.41, 5.74) is 11.3.